The number of ether oxygens (including phenoxy) is 1. The second-order valence-electron chi connectivity index (χ2n) is 15.1. The van der Waals surface area contributed by atoms with Crippen LogP contribution in [0.3, 0.4) is 0 Å². The Kier molecular flexibility index (Phi) is 11.9. The molecule has 0 unspecified atom stereocenters. The third-order valence-electron chi connectivity index (χ3n) is 9.86. The maximum absolute atomic E-state index is 15.9. The Balaban J connectivity index is 1.85. The number of alkyl halides is 6. The van der Waals surface area contributed by atoms with E-state index in [9.17, 15) is 31.4 Å². The molecule has 16 heteroatoms. The molecule has 1 atom stereocenters. The molecule has 0 radical (unpaired) electrons. The zero-order valence-electron chi connectivity index (χ0n) is 30.4. The minimum atomic E-state index is -4.70. The summed E-state index contributed by atoms with van der Waals surface area (Å²) in [7, 11) is 0.286. The summed E-state index contributed by atoms with van der Waals surface area (Å²) in [6.07, 6.45) is -6.76. The van der Waals surface area contributed by atoms with E-state index in [1.54, 1.807) is 25.7 Å². The van der Waals surface area contributed by atoms with Crippen molar-refractivity contribution in [2.45, 2.75) is 91.1 Å². The monoisotopic (exact) mass is 732 g/mol. The topological polar surface area (TPSA) is 71.7 Å². The molecule has 2 aliphatic heterocycles. The summed E-state index contributed by atoms with van der Waals surface area (Å²) in [6, 6.07) is 2.51. The normalized spacial score (nSPS) is 19.9. The minimum absolute atomic E-state index is 0.0189. The number of aromatic nitrogens is 1. The predicted molar refractivity (Wildman–Crippen MR) is 184 cm³/mol. The van der Waals surface area contributed by atoms with Crippen LogP contribution in [0.5, 0.6) is 0 Å². The van der Waals surface area contributed by atoms with Crippen molar-refractivity contribution in [3.63, 3.8) is 0 Å². The van der Waals surface area contributed by atoms with Crippen molar-refractivity contribution in [3.05, 3.63) is 47.2 Å². The number of aliphatic hydroxyl groups is 1. The summed E-state index contributed by atoms with van der Waals surface area (Å²) in [5, 5.41) is 10.6. The van der Waals surface area contributed by atoms with E-state index in [2.05, 4.69) is 11.6 Å². The van der Waals surface area contributed by atoms with Gasteiger partial charge in [0.25, 0.3) is 0 Å². The van der Waals surface area contributed by atoms with Gasteiger partial charge in [0, 0.05) is 68.4 Å². The van der Waals surface area contributed by atoms with Crippen molar-refractivity contribution in [1.82, 2.24) is 14.4 Å². The highest BCUT2D eigenvalue weighted by Gasteiger charge is 2.52. The third kappa shape index (κ3) is 9.75. The number of piperazine rings is 1. The number of aliphatic hydroxyl groups excluding tert-OH is 1. The van der Waals surface area contributed by atoms with E-state index in [4.69, 9.17) is 14.0 Å². The molecule has 1 aromatic carbocycles. The van der Waals surface area contributed by atoms with Gasteiger partial charge in [-0.05, 0) is 70.2 Å². The molecule has 51 heavy (non-hydrogen) atoms. The quantitative estimate of drug-likeness (QED) is 0.156. The number of aliphatic imine (C=N–C) groups is 1. The van der Waals surface area contributed by atoms with E-state index >= 15 is 4.39 Å². The van der Waals surface area contributed by atoms with Gasteiger partial charge in [0.1, 0.15) is 12.4 Å². The van der Waals surface area contributed by atoms with Gasteiger partial charge in [0.05, 0.1) is 35.1 Å². The minimum Gasteiger partial charge on any atom is -0.399 e. The molecule has 0 saturated carbocycles. The van der Waals surface area contributed by atoms with E-state index in [-0.39, 0.29) is 61.6 Å². The van der Waals surface area contributed by atoms with Crippen molar-refractivity contribution < 1.29 is 49.9 Å². The predicted octanol–water partition coefficient (Wildman–Crippen LogP) is 6.34. The number of allylic oxidation sites excluding steroid dienone is 1. The number of nitrogens with zero attached hydrogens (tertiary/aromatic N) is 4. The van der Waals surface area contributed by atoms with Gasteiger partial charge in [-0.2, -0.15) is 26.3 Å². The molecule has 2 aliphatic rings. The highest BCUT2D eigenvalue weighted by atomic mass is 19.4. The molecule has 1 N–H and O–H groups in total. The maximum Gasteiger partial charge on any atom is 0.497 e. The summed E-state index contributed by atoms with van der Waals surface area (Å²) in [6.45, 7) is 14.6. The summed E-state index contributed by atoms with van der Waals surface area (Å²) >= 11 is 0. The van der Waals surface area contributed by atoms with E-state index in [0.29, 0.717) is 16.6 Å². The third-order valence-corrected chi connectivity index (χ3v) is 9.86. The molecule has 0 amide bonds. The van der Waals surface area contributed by atoms with Crippen LogP contribution in [0.15, 0.2) is 35.1 Å². The van der Waals surface area contributed by atoms with E-state index in [0.717, 1.165) is 10.6 Å². The zero-order valence-corrected chi connectivity index (χ0v) is 30.4. The molecular weight excluding hydrogens is 684 g/mol. The average Bonchev–Trinajstić information content (AvgIpc) is 3.38. The van der Waals surface area contributed by atoms with Crippen LogP contribution in [-0.4, -0.2) is 109 Å². The first-order valence-corrected chi connectivity index (χ1v) is 16.8. The molecular formula is C35H48BF7N4O4. The fraction of sp³-hybridized carbons (Fsp3) is 0.629. The Morgan fingerprint density at radius 3 is 2.10 bits per heavy atom. The molecule has 0 bridgehead atoms. The summed E-state index contributed by atoms with van der Waals surface area (Å²) in [5.41, 5.74) is -1.26. The van der Waals surface area contributed by atoms with Gasteiger partial charge in [0.2, 0.25) is 0 Å². The Labute approximate surface area is 295 Å². The summed E-state index contributed by atoms with van der Waals surface area (Å²) in [4.78, 5) is 7.64. The van der Waals surface area contributed by atoms with Crippen LogP contribution < -0.4 is 5.46 Å². The van der Waals surface area contributed by atoms with Crippen LogP contribution in [0.1, 0.15) is 59.7 Å². The van der Waals surface area contributed by atoms with Gasteiger partial charge < -0.3 is 28.6 Å². The zero-order chi connectivity index (χ0) is 38.3. The molecule has 8 nitrogen and oxygen atoms in total. The number of fused-ring (bicyclic) bond motifs is 1. The smallest absolute Gasteiger partial charge is 0.399 e. The van der Waals surface area contributed by atoms with Crippen molar-refractivity contribution in [2.75, 3.05) is 46.4 Å². The second-order valence-corrected chi connectivity index (χ2v) is 15.1. The number of hydrogen-bond acceptors (Lipinski definition) is 7. The molecule has 0 spiro atoms. The highest BCUT2D eigenvalue weighted by molar-refractivity contribution is 6.62. The molecule has 284 valence electrons. The molecule has 4 rings (SSSR count). The number of benzene rings is 1. The highest BCUT2D eigenvalue weighted by Crippen LogP contribution is 2.39. The van der Waals surface area contributed by atoms with Crippen LogP contribution in [0, 0.1) is 11.2 Å². The van der Waals surface area contributed by atoms with Gasteiger partial charge >= 0.3 is 19.5 Å². The fourth-order valence-corrected chi connectivity index (χ4v) is 6.06. The number of rotatable bonds is 12. The van der Waals surface area contributed by atoms with Crippen LogP contribution in [0.25, 0.3) is 17.0 Å². The van der Waals surface area contributed by atoms with Crippen LogP contribution >= 0.6 is 0 Å². The number of methoxy groups -OCH3 is 1. The Bertz CT molecular complexity index is 1630. The lowest BCUT2D eigenvalue weighted by molar-refractivity contribution is -0.148. The first kappa shape index (κ1) is 40.8. The Morgan fingerprint density at radius 1 is 1.02 bits per heavy atom. The van der Waals surface area contributed by atoms with E-state index in [1.807, 2.05) is 27.7 Å². The first-order valence-electron chi connectivity index (χ1n) is 16.8. The van der Waals surface area contributed by atoms with Gasteiger partial charge in [-0.3, -0.25) is 9.89 Å². The second kappa shape index (κ2) is 14.8. The van der Waals surface area contributed by atoms with Gasteiger partial charge in [-0.25, -0.2) is 4.39 Å². The first-order chi connectivity index (χ1) is 23.4. The van der Waals surface area contributed by atoms with Gasteiger partial charge in [-0.15, -0.1) is 0 Å². The standard InChI is InChI=1S/C35H48BF7N4O4/c1-22(46-12-10-45(11-13-46)19-34(38,39)40)18-44-28(23(2)49-9)16-30-25(17-31(3,4)21-48)24-14-26(36-50-32(5,6)33(7,8)51-36)27(37)15-29(24)47(30)20-35(41,42)43/h14-16,18,23,48H,1,10-13,17,19-21H2,2-9H3/b28-16+,44-18?/t23-/m0/s1. The summed E-state index contributed by atoms with van der Waals surface area (Å²) < 4.78 is 116. The van der Waals surface area contributed by atoms with Crippen molar-refractivity contribution in [1.29, 1.82) is 0 Å². The van der Waals surface area contributed by atoms with Crippen molar-refractivity contribution in [3.8, 4) is 0 Å². The maximum atomic E-state index is 15.9. The lowest BCUT2D eigenvalue weighted by Crippen LogP contribution is -2.48. The molecule has 3 heterocycles. The van der Waals surface area contributed by atoms with Crippen LogP contribution in [-0.2, 0) is 27.0 Å². The molecule has 0 aliphatic carbocycles. The largest absolute Gasteiger partial charge is 0.497 e. The fourth-order valence-electron chi connectivity index (χ4n) is 6.06. The number of halogens is 7. The number of hydrogen-bond donors (Lipinski definition) is 1. The Morgan fingerprint density at radius 2 is 1.59 bits per heavy atom. The van der Waals surface area contributed by atoms with Crippen LogP contribution in [0.4, 0.5) is 30.7 Å². The average molecular weight is 733 g/mol. The van der Waals surface area contributed by atoms with Crippen molar-refractivity contribution >= 4 is 35.8 Å². The molecule has 1 aromatic heterocycles. The Hall–Kier alpha value is -2.92. The lowest BCUT2D eigenvalue weighted by atomic mass is 9.77. The summed E-state index contributed by atoms with van der Waals surface area (Å²) in [5.74, 6) is -0.805. The molecule has 2 fully saturated rings. The van der Waals surface area contributed by atoms with Gasteiger partial charge in [0.15, 0.2) is 0 Å². The molecule has 2 saturated heterocycles. The van der Waals surface area contributed by atoms with E-state index < -0.39 is 61.1 Å². The van der Waals surface area contributed by atoms with Crippen LogP contribution in [0.2, 0.25) is 0 Å². The van der Waals surface area contributed by atoms with E-state index in [1.165, 1.54) is 30.4 Å². The van der Waals surface area contributed by atoms with Crippen molar-refractivity contribution in [2.24, 2.45) is 10.4 Å². The molecule has 2 aromatic rings. The SMILES string of the molecule is C=C(C=N/C(=C/c1c(CC(C)(C)CO)c2cc(B3OC(C)(C)C(C)(C)O3)c(F)cc2n1CC(F)(F)F)[C@H](C)OC)N1CCN(CC(F)(F)F)CC1. The lowest BCUT2D eigenvalue weighted by Gasteiger charge is -2.36. The van der Waals surface area contributed by atoms with Gasteiger partial charge in [-0.1, -0.05) is 20.4 Å².